The first-order valence-corrected chi connectivity index (χ1v) is 10.1. The predicted octanol–water partition coefficient (Wildman–Crippen LogP) is 2.04. The lowest BCUT2D eigenvalue weighted by Gasteiger charge is -2.49. The number of rotatable bonds is 7. The van der Waals surface area contributed by atoms with Gasteiger partial charge >= 0.3 is 0 Å². The molecule has 0 bridgehead atoms. The van der Waals surface area contributed by atoms with Gasteiger partial charge in [-0.05, 0) is 32.0 Å². The van der Waals surface area contributed by atoms with E-state index in [1.165, 1.54) is 43.5 Å². The molecule has 2 aliphatic rings. The fourth-order valence-electron chi connectivity index (χ4n) is 4.22. The molecule has 28 heavy (non-hydrogen) atoms. The van der Waals surface area contributed by atoms with Crippen molar-refractivity contribution in [3.05, 3.63) is 34.4 Å². The highest BCUT2D eigenvalue weighted by Gasteiger charge is 2.39. The van der Waals surface area contributed by atoms with Crippen molar-refractivity contribution in [2.24, 2.45) is 0 Å². The number of nitro benzene ring substituents is 1. The highest BCUT2D eigenvalue weighted by molar-refractivity contribution is 5.77. The summed E-state index contributed by atoms with van der Waals surface area (Å²) in [5.41, 5.74) is 0.0610. The smallest absolute Gasteiger partial charge is 0.269 e. The summed E-state index contributed by atoms with van der Waals surface area (Å²) in [7, 11) is 2.15. The average Bonchev–Trinajstić information content (AvgIpc) is 2.72. The van der Waals surface area contributed by atoms with Gasteiger partial charge in [0.15, 0.2) is 6.61 Å². The fraction of sp³-hybridized carbons (Fsp3) is 0.650. The molecule has 1 aliphatic carbocycles. The van der Waals surface area contributed by atoms with Crippen molar-refractivity contribution in [1.29, 1.82) is 0 Å². The number of carbonyl (C=O) groups excluding carboxylic acids is 1. The lowest BCUT2D eigenvalue weighted by molar-refractivity contribution is -0.384. The van der Waals surface area contributed by atoms with E-state index in [2.05, 4.69) is 22.2 Å². The minimum Gasteiger partial charge on any atom is -0.484 e. The number of piperazine rings is 1. The number of nitro groups is 1. The molecule has 3 rings (SSSR count). The normalized spacial score (nSPS) is 20.5. The van der Waals surface area contributed by atoms with E-state index in [4.69, 9.17) is 4.74 Å². The van der Waals surface area contributed by atoms with Gasteiger partial charge in [0, 0.05) is 50.4 Å². The van der Waals surface area contributed by atoms with Gasteiger partial charge in [0.25, 0.3) is 11.6 Å². The van der Waals surface area contributed by atoms with Crippen LogP contribution < -0.4 is 10.1 Å². The number of hydrogen-bond acceptors (Lipinski definition) is 6. The third kappa shape index (κ3) is 5.20. The van der Waals surface area contributed by atoms with Crippen molar-refractivity contribution in [3.8, 4) is 5.75 Å². The van der Waals surface area contributed by atoms with Gasteiger partial charge in [-0.1, -0.05) is 19.3 Å². The summed E-state index contributed by atoms with van der Waals surface area (Å²) in [5.74, 6) is 0.296. The number of likely N-dealkylation sites (N-methyl/N-ethyl adjacent to an activating group) is 1. The second kappa shape index (κ2) is 9.34. The number of benzene rings is 1. The molecule has 0 unspecified atom stereocenters. The van der Waals surface area contributed by atoms with Crippen molar-refractivity contribution in [1.82, 2.24) is 15.1 Å². The molecule has 0 aromatic heterocycles. The van der Waals surface area contributed by atoms with Crippen LogP contribution in [0.15, 0.2) is 24.3 Å². The van der Waals surface area contributed by atoms with Crippen LogP contribution in [0.3, 0.4) is 0 Å². The Labute approximate surface area is 166 Å². The zero-order chi connectivity index (χ0) is 20.0. The molecule has 1 aliphatic heterocycles. The molecule has 8 heteroatoms. The van der Waals surface area contributed by atoms with E-state index in [1.807, 2.05) is 0 Å². The Bertz CT molecular complexity index is 665. The lowest BCUT2D eigenvalue weighted by atomic mass is 9.79. The summed E-state index contributed by atoms with van der Waals surface area (Å²) in [6.45, 7) is 4.80. The summed E-state index contributed by atoms with van der Waals surface area (Å²) in [4.78, 5) is 27.5. The number of amides is 1. The quantitative estimate of drug-likeness (QED) is 0.566. The molecule has 1 heterocycles. The molecule has 1 aromatic carbocycles. The second-order valence-corrected chi connectivity index (χ2v) is 7.89. The summed E-state index contributed by atoms with van der Waals surface area (Å²) in [6.07, 6.45) is 5.94. The number of non-ortho nitro benzene ring substituents is 1. The number of hydrogen-bond donors (Lipinski definition) is 1. The molecule has 1 aromatic rings. The van der Waals surface area contributed by atoms with E-state index in [0.717, 1.165) is 39.0 Å². The lowest BCUT2D eigenvalue weighted by Crippen LogP contribution is -2.61. The Morgan fingerprint density at radius 3 is 2.39 bits per heavy atom. The monoisotopic (exact) mass is 390 g/mol. The van der Waals surface area contributed by atoms with Gasteiger partial charge in [0.05, 0.1) is 4.92 Å². The van der Waals surface area contributed by atoms with E-state index < -0.39 is 4.92 Å². The van der Waals surface area contributed by atoms with Crippen molar-refractivity contribution >= 4 is 11.6 Å². The van der Waals surface area contributed by atoms with Crippen LogP contribution in [0.2, 0.25) is 0 Å². The van der Waals surface area contributed by atoms with Crippen LogP contribution in [0.25, 0.3) is 0 Å². The summed E-state index contributed by atoms with van der Waals surface area (Å²) < 4.78 is 5.48. The molecule has 8 nitrogen and oxygen atoms in total. The van der Waals surface area contributed by atoms with Gasteiger partial charge in [0.2, 0.25) is 0 Å². The third-order valence-corrected chi connectivity index (χ3v) is 5.99. The van der Waals surface area contributed by atoms with Crippen LogP contribution in [0.4, 0.5) is 5.69 Å². The van der Waals surface area contributed by atoms with Crippen LogP contribution in [0, 0.1) is 10.1 Å². The van der Waals surface area contributed by atoms with Crippen molar-refractivity contribution in [2.75, 3.05) is 46.4 Å². The average molecular weight is 390 g/mol. The molecular formula is C20H30N4O4. The zero-order valence-electron chi connectivity index (χ0n) is 16.6. The molecule has 1 saturated heterocycles. The number of carbonyl (C=O) groups is 1. The Kier molecular flexibility index (Phi) is 6.85. The first-order valence-electron chi connectivity index (χ1n) is 10.1. The Morgan fingerprint density at radius 1 is 1.14 bits per heavy atom. The van der Waals surface area contributed by atoms with Crippen LogP contribution in [-0.2, 0) is 4.79 Å². The molecule has 0 atom stereocenters. The van der Waals surface area contributed by atoms with Crippen LogP contribution >= 0.6 is 0 Å². The first-order chi connectivity index (χ1) is 13.5. The van der Waals surface area contributed by atoms with Crippen LogP contribution in [-0.4, -0.2) is 72.5 Å². The number of nitrogens with one attached hydrogen (secondary N) is 1. The van der Waals surface area contributed by atoms with Gasteiger partial charge in [-0.15, -0.1) is 0 Å². The molecule has 1 saturated carbocycles. The van der Waals surface area contributed by atoms with Gasteiger partial charge in [-0.25, -0.2) is 0 Å². The number of ether oxygens (including phenoxy) is 1. The molecule has 0 radical (unpaired) electrons. The van der Waals surface area contributed by atoms with Crippen molar-refractivity contribution in [3.63, 3.8) is 0 Å². The van der Waals surface area contributed by atoms with Crippen LogP contribution in [0.5, 0.6) is 5.75 Å². The van der Waals surface area contributed by atoms with Gasteiger partial charge < -0.3 is 15.0 Å². The zero-order valence-corrected chi connectivity index (χ0v) is 16.6. The van der Waals surface area contributed by atoms with E-state index in [9.17, 15) is 14.9 Å². The maximum Gasteiger partial charge on any atom is 0.269 e. The minimum absolute atomic E-state index is 0.00298. The molecular weight excluding hydrogens is 360 g/mol. The summed E-state index contributed by atoms with van der Waals surface area (Å²) in [6, 6.07) is 5.77. The SMILES string of the molecule is CN1CCN(C2(CNC(=O)COc3ccc([N+](=O)[O-])cc3)CCCCC2)CC1. The van der Waals surface area contributed by atoms with Crippen molar-refractivity contribution in [2.45, 2.75) is 37.6 Å². The molecule has 154 valence electrons. The van der Waals surface area contributed by atoms with Crippen molar-refractivity contribution < 1.29 is 14.5 Å². The fourth-order valence-corrected chi connectivity index (χ4v) is 4.22. The highest BCUT2D eigenvalue weighted by Crippen LogP contribution is 2.34. The van der Waals surface area contributed by atoms with Gasteiger partial charge in [-0.2, -0.15) is 0 Å². The Hall–Kier alpha value is -2.19. The Balaban J connectivity index is 1.51. The minimum atomic E-state index is -0.460. The molecule has 2 fully saturated rings. The molecule has 0 spiro atoms. The summed E-state index contributed by atoms with van der Waals surface area (Å²) in [5, 5.41) is 13.8. The largest absolute Gasteiger partial charge is 0.484 e. The maximum absolute atomic E-state index is 12.3. The molecule has 1 N–H and O–H groups in total. The van der Waals surface area contributed by atoms with E-state index >= 15 is 0 Å². The highest BCUT2D eigenvalue weighted by atomic mass is 16.6. The van der Waals surface area contributed by atoms with E-state index in [1.54, 1.807) is 0 Å². The molecule has 1 amide bonds. The first kappa shape index (κ1) is 20.5. The van der Waals surface area contributed by atoms with Crippen LogP contribution in [0.1, 0.15) is 32.1 Å². The standard InChI is InChI=1S/C20H30N4O4/c1-22-11-13-23(14-12-22)20(9-3-2-4-10-20)16-21-19(25)15-28-18-7-5-17(6-8-18)24(26)27/h5-8H,2-4,9-16H2,1H3,(H,21,25). The maximum atomic E-state index is 12.3. The van der Waals surface area contributed by atoms with E-state index in [0.29, 0.717) is 12.3 Å². The van der Waals surface area contributed by atoms with Gasteiger partial charge in [0.1, 0.15) is 5.75 Å². The third-order valence-electron chi connectivity index (χ3n) is 5.99. The number of nitrogens with zero attached hydrogens (tertiary/aromatic N) is 3. The van der Waals surface area contributed by atoms with E-state index in [-0.39, 0.29) is 23.7 Å². The topological polar surface area (TPSA) is 88.0 Å². The van der Waals surface area contributed by atoms with Gasteiger partial charge in [-0.3, -0.25) is 19.8 Å². The Morgan fingerprint density at radius 2 is 1.79 bits per heavy atom. The summed E-state index contributed by atoms with van der Waals surface area (Å²) >= 11 is 0. The second-order valence-electron chi connectivity index (χ2n) is 7.89. The predicted molar refractivity (Wildman–Crippen MR) is 106 cm³/mol.